The standard InChI is InChI=1S/C18H26INO2Si/c1-15-10-18(22-17-7-5-6-16(19)11-17)13-20(12-15)14-21-8-9-23(2,3)4/h5-7,10-12H,8-9,13-14H2,1-4H3. The average Bonchev–Trinajstić information content (AvgIpc) is 2.42. The van der Waals surface area contributed by atoms with E-state index in [9.17, 15) is 0 Å². The number of hydrogen-bond donors (Lipinski definition) is 0. The zero-order chi connectivity index (χ0) is 16.9. The van der Waals surface area contributed by atoms with Crippen LogP contribution in [0.2, 0.25) is 25.7 Å². The van der Waals surface area contributed by atoms with Gasteiger partial charge in [-0.2, -0.15) is 0 Å². The fourth-order valence-corrected chi connectivity index (χ4v) is 3.53. The van der Waals surface area contributed by atoms with Crippen molar-refractivity contribution in [2.24, 2.45) is 0 Å². The maximum Gasteiger partial charge on any atom is 0.128 e. The van der Waals surface area contributed by atoms with E-state index in [4.69, 9.17) is 9.47 Å². The van der Waals surface area contributed by atoms with Crippen LogP contribution in [0.15, 0.2) is 47.9 Å². The highest BCUT2D eigenvalue weighted by Crippen LogP contribution is 2.21. The number of rotatable bonds is 7. The number of ether oxygens (including phenoxy) is 2. The van der Waals surface area contributed by atoms with E-state index in [1.807, 2.05) is 18.2 Å². The Labute approximate surface area is 154 Å². The Morgan fingerprint density at radius 1 is 1.26 bits per heavy atom. The van der Waals surface area contributed by atoms with Gasteiger partial charge in [-0.05, 0) is 65.4 Å². The molecule has 1 aromatic rings. The van der Waals surface area contributed by atoms with Crippen LogP contribution in [0.3, 0.4) is 0 Å². The molecule has 0 unspecified atom stereocenters. The lowest BCUT2D eigenvalue weighted by molar-refractivity contribution is 0.0609. The summed E-state index contributed by atoms with van der Waals surface area (Å²) >= 11 is 2.30. The normalized spacial score (nSPS) is 15.3. The van der Waals surface area contributed by atoms with Crippen LogP contribution < -0.4 is 4.74 Å². The summed E-state index contributed by atoms with van der Waals surface area (Å²) in [6, 6.07) is 9.31. The Morgan fingerprint density at radius 2 is 2.04 bits per heavy atom. The Kier molecular flexibility index (Phi) is 6.73. The molecular formula is C18H26INO2Si. The van der Waals surface area contributed by atoms with Gasteiger partial charge in [-0.1, -0.05) is 25.7 Å². The van der Waals surface area contributed by atoms with Crippen LogP contribution in [0.25, 0.3) is 0 Å². The van der Waals surface area contributed by atoms with Gasteiger partial charge in [0, 0.05) is 24.5 Å². The summed E-state index contributed by atoms with van der Waals surface area (Å²) < 4.78 is 13.0. The molecule has 0 N–H and O–H groups in total. The van der Waals surface area contributed by atoms with Crippen LogP contribution in [-0.2, 0) is 4.74 Å². The Balaban J connectivity index is 1.86. The molecule has 0 aliphatic carbocycles. The fraction of sp³-hybridized carbons (Fsp3) is 0.444. The summed E-state index contributed by atoms with van der Waals surface area (Å²) in [6.45, 7) is 11.4. The number of benzene rings is 1. The summed E-state index contributed by atoms with van der Waals surface area (Å²) in [6.07, 6.45) is 4.23. The van der Waals surface area contributed by atoms with Gasteiger partial charge in [-0.3, -0.25) is 0 Å². The molecule has 1 aliphatic rings. The average molecular weight is 443 g/mol. The van der Waals surface area contributed by atoms with Crippen molar-refractivity contribution in [1.82, 2.24) is 4.90 Å². The van der Waals surface area contributed by atoms with Gasteiger partial charge in [0.2, 0.25) is 0 Å². The minimum absolute atomic E-state index is 0.620. The smallest absolute Gasteiger partial charge is 0.128 e. The van der Waals surface area contributed by atoms with E-state index < -0.39 is 8.07 Å². The highest BCUT2D eigenvalue weighted by Gasteiger charge is 2.15. The largest absolute Gasteiger partial charge is 0.460 e. The van der Waals surface area contributed by atoms with Gasteiger partial charge < -0.3 is 14.4 Å². The van der Waals surface area contributed by atoms with E-state index in [-0.39, 0.29) is 0 Å². The van der Waals surface area contributed by atoms with Gasteiger partial charge in [0.15, 0.2) is 0 Å². The van der Waals surface area contributed by atoms with Gasteiger partial charge >= 0.3 is 0 Å². The second kappa shape index (κ2) is 8.35. The molecule has 23 heavy (non-hydrogen) atoms. The highest BCUT2D eigenvalue weighted by molar-refractivity contribution is 14.1. The van der Waals surface area contributed by atoms with Gasteiger partial charge in [-0.25, -0.2) is 0 Å². The lowest BCUT2D eigenvalue weighted by atomic mass is 10.2. The lowest BCUT2D eigenvalue weighted by Gasteiger charge is -2.26. The molecule has 1 aliphatic heterocycles. The molecule has 0 aromatic heterocycles. The molecule has 3 nitrogen and oxygen atoms in total. The van der Waals surface area contributed by atoms with Crippen LogP contribution in [0, 0.1) is 3.57 Å². The van der Waals surface area contributed by atoms with E-state index in [1.165, 1.54) is 15.2 Å². The van der Waals surface area contributed by atoms with E-state index >= 15 is 0 Å². The first kappa shape index (κ1) is 18.5. The van der Waals surface area contributed by atoms with Crippen LogP contribution >= 0.6 is 22.6 Å². The van der Waals surface area contributed by atoms with Crippen molar-refractivity contribution in [2.45, 2.75) is 32.6 Å². The Bertz CT molecular complexity index is 593. The Morgan fingerprint density at radius 3 is 2.74 bits per heavy atom. The van der Waals surface area contributed by atoms with Crippen LogP contribution in [0.5, 0.6) is 5.75 Å². The predicted molar refractivity (Wildman–Crippen MR) is 107 cm³/mol. The molecule has 0 fully saturated rings. The maximum atomic E-state index is 6.02. The molecule has 0 atom stereocenters. The first-order valence-corrected chi connectivity index (χ1v) is 12.7. The van der Waals surface area contributed by atoms with Crippen LogP contribution in [-0.4, -0.2) is 32.9 Å². The summed E-state index contributed by atoms with van der Waals surface area (Å²) in [5, 5.41) is 0. The minimum Gasteiger partial charge on any atom is -0.460 e. The van der Waals surface area contributed by atoms with Gasteiger partial charge in [0.25, 0.3) is 0 Å². The van der Waals surface area contributed by atoms with Crippen molar-refractivity contribution in [1.29, 1.82) is 0 Å². The molecule has 0 spiro atoms. The summed E-state index contributed by atoms with van der Waals surface area (Å²) in [5.74, 6) is 1.85. The molecule has 2 rings (SSSR count). The van der Waals surface area contributed by atoms with E-state index in [0.717, 1.165) is 24.7 Å². The topological polar surface area (TPSA) is 21.7 Å². The zero-order valence-electron chi connectivity index (χ0n) is 14.4. The van der Waals surface area contributed by atoms with Crippen molar-refractivity contribution >= 4 is 30.7 Å². The van der Waals surface area contributed by atoms with Crippen molar-refractivity contribution in [2.75, 3.05) is 19.9 Å². The van der Waals surface area contributed by atoms with Gasteiger partial charge in [0.1, 0.15) is 18.2 Å². The summed E-state index contributed by atoms with van der Waals surface area (Å²) in [4.78, 5) is 2.17. The van der Waals surface area contributed by atoms with Gasteiger partial charge in [-0.15, -0.1) is 0 Å². The molecule has 0 bridgehead atoms. The molecule has 126 valence electrons. The number of allylic oxidation sites excluding steroid dienone is 2. The summed E-state index contributed by atoms with van der Waals surface area (Å²) in [5.41, 5.74) is 1.19. The molecule has 5 heteroatoms. The lowest BCUT2D eigenvalue weighted by Crippen LogP contribution is -2.29. The first-order chi connectivity index (χ1) is 10.8. The predicted octanol–water partition coefficient (Wildman–Crippen LogP) is 5.09. The third kappa shape index (κ3) is 7.09. The molecular weight excluding hydrogens is 417 g/mol. The molecule has 1 aromatic carbocycles. The van der Waals surface area contributed by atoms with Crippen molar-refractivity contribution in [3.05, 3.63) is 51.4 Å². The Hall–Kier alpha value is -0.793. The zero-order valence-corrected chi connectivity index (χ0v) is 17.6. The van der Waals surface area contributed by atoms with Crippen molar-refractivity contribution in [3.8, 4) is 5.75 Å². The first-order valence-electron chi connectivity index (χ1n) is 7.96. The highest BCUT2D eigenvalue weighted by atomic mass is 127. The molecule has 1 heterocycles. The number of nitrogens with zero attached hydrogens (tertiary/aromatic N) is 1. The monoisotopic (exact) mass is 443 g/mol. The van der Waals surface area contributed by atoms with Crippen molar-refractivity contribution < 1.29 is 9.47 Å². The molecule has 0 amide bonds. The van der Waals surface area contributed by atoms with E-state index in [0.29, 0.717) is 6.73 Å². The fourth-order valence-electron chi connectivity index (χ4n) is 2.26. The second-order valence-corrected chi connectivity index (χ2v) is 14.0. The van der Waals surface area contributed by atoms with Crippen LogP contribution in [0.1, 0.15) is 6.92 Å². The molecule has 0 radical (unpaired) electrons. The molecule has 0 saturated heterocycles. The van der Waals surface area contributed by atoms with Crippen LogP contribution in [0.4, 0.5) is 0 Å². The van der Waals surface area contributed by atoms with Gasteiger partial charge in [0.05, 0.1) is 6.54 Å². The third-order valence-corrected chi connectivity index (χ3v) is 5.81. The third-order valence-electron chi connectivity index (χ3n) is 3.43. The number of hydrogen-bond acceptors (Lipinski definition) is 3. The quantitative estimate of drug-likeness (QED) is 0.333. The summed E-state index contributed by atoms with van der Waals surface area (Å²) in [7, 11) is -1.02. The molecule has 0 saturated carbocycles. The number of halogens is 1. The van der Waals surface area contributed by atoms with E-state index in [2.05, 4.69) is 72.4 Å². The van der Waals surface area contributed by atoms with E-state index in [1.54, 1.807) is 0 Å². The maximum absolute atomic E-state index is 6.02. The minimum atomic E-state index is -1.02. The second-order valence-electron chi connectivity index (χ2n) is 7.14. The van der Waals surface area contributed by atoms with Crippen molar-refractivity contribution in [3.63, 3.8) is 0 Å². The SMILES string of the molecule is CC1=CN(COCC[Si](C)(C)C)CC(Oc2cccc(I)c2)=C1.